The maximum absolute atomic E-state index is 12.7. The predicted octanol–water partition coefficient (Wildman–Crippen LogP) is 3.16. The molecule has 1 aliphatic heterocycles. The van der Waals surface area contributed by atoms with E-state index in [1.807, 2.05) is 52.7 Å². The fraction of sp³-hybridized carbons (Fsp3) is 0.333. The molecule has 1 aromatic heterocycles. The number of aromatic hydroxyl groups is 1. The largest absolute Gasteiger partial charge is 0.507 e. The summed E-state index contributed by atoms with van der Waals surface area (Å²) in [5.74, 6) is 0.274. The average Bonchev–Trinajstić information content (AvgIpc) is 3.31. The smallest absolute Gasteiger partial charge is 0.188 e. The van der Waals surface area contributed by atoms with Gasteiger partial charge in [0.1, 0.15) is 5.75 Å². The fourth-order valence-corrected chi connectivity index (χ4v) is 4.04. The topological polar surface area (TPSA) is 71.9 Å². The number of ketones is 1. The van der Waals surface area contributed by atoms with Gasteiger partial charge in [0.2, 0.25) is 0 Å². The molecule has 2 aromatic rings. The first-order valence-corrected chi connectivity index (χ1v) is 10.2. The van der Waals surface area contributed by atoms with Gasteiger partial charge in [0.05, 0.1) is 16.8 Å². The van der Waals surface area contributed by atoms with Gasteiger partial charge in [0, 0.05) is 42.0 Å². The van der Waals surface area contributed by atoms with E-state index in [-0.39, 0.29) is 11.5 Å². The number of carbonyl (C=O) groups is 1. The highest BCUT2D eigenvalue weighted by Gasteiger charge is 2.28. The number of aliphatic imine (C=N–C) groups is 1. The van der Waals surface area contributed by atoms with Gasteiger partial charge in [0.25, 0.3) is 0 Å². The van der Waals surface area contributed by atoms with E-state index < -0.39 is 0 Å². The third-order valence-electron chi connectivity index (χ3n) is 5.65. The summed E-state index contributed by atoms with van der Waals surface area (Å²) in [6.07, 6.45) is 8.89. The molecule has 0 bridgehead atoms. The Hall–Kier alpha value is -2.96. The molecule has 0 spiro atoms. The molecule has 0 saturated carbocycles. The molecule has 0 unspecified atom stereocenters. The molecule has 1 aromatic carbocycles. The fourth-order valence-electron chi connectivity index (χ4n) is 4.04. The highest BCUT2D eigenvalue weighted by atomic mass is 16.3. The van der Waals surface area contributed by atoms with Crippen molar-refractivity contribution in [3.8, 4) is 5.75 Å². The number of aromatic amines is 1. The van der Waals surface area contributed by atoms with Crippen LogP contribution in [-0.2, 0) is 11.2 Å². The lowest BCUT2D eigenvalue weighted by Crippen LogP contribution is -2.15. The zero-order valence-corrected chi connectivity index (χ0v) is 18.0. The van der Waals surface area contributed by atoms with Crippen molar-refractivity contribution in [2.45, 2.75) is 12.8 Å². The van der Waals surface area contributed by atoms with E-state index in [2.05, 4.69) is 19.8 Å². The van der Waals surface area contributed by atoms with Gasteiger partial charge in [-0.3, -0.25) is 9.79 Å². The molecule has 6 heteroatoms. The molecule has 2 heterocycles. The predicted molar refractivity (Wildman–Crippen MR) is 122 cm³/mol. The molecular formula is C24H28N4O2. The van der Waals surface area contributed by atoms with Gasteiger partial charge in [-0.05, 0) is 76.5 Å². The Balaban J connectivity index is 1.81. The Morgan fingerprint density at radius 1 is 1.03 bits per heavy atom. The van der Waals surface area contributed by atoms with Crippen LogP contribution >= 0.6 is 0 Å². The number of nitrogens with zero attached hydrogens (tertiary/aromatic N) is 3. The number of allylic oxidation sites excluding steroid dienone is 4. The molecule has 30 heavy (non-hydrogen) atoms. The Morgan fingerprint density at radius 3 is 2.50 bits per heavy atom. The van der Waals surface area contributed by atoms with Crippen molar-refractivity contribution in [1.82, 2.24) is 14.8 Å². The Morgan fingerprint density at radius 2 is 1.77 bits per heavy atom. The molecule has 0 atom stereocenters. The Labute approximate surface area is 176 Å². The zero-order valence-electron chi connectivity index (χ0n) is 18.0. The summed E-state index contributed by atoms with van der Waals surface area (Å²) in [6.45, 7) is 1.76. The minimum absolute atomic E-state index is 0.00758. The number of likely N-dealkylation sites (N-methyl/N-ethyl adjacent to an activating group) is 1. The molecule has 0 radical (unpaired) electrons. The molecule has 156 valence electrons. The molecule has 2 N–H and O–H groups in total. The Kier molecular flexibility index (Phi) is 5.45. The summed E-state index contributed by atoms with van der Waals surface area (Å²) in [6, 6.07) is 3.63. The van der Waals surface area contributed by atoms with Gasteiger partial charge < -0.3 is 19.9 Å². The number of phenolic OH excluding ortho intramolecular Hbond substituents is 1. The second kappa shape index (κ2) is 8.05. The lowest BCUT2D eigenvalue weighted by atomic mass is 9.89. The first-order valence-electron chi connectivity index (χ1n) is 10.2. The van der Waals surface area contributed by atoms with Crippen LogP contribution in [0.25, 0.3) is 16.5 Å². The molecule has 4 rings (SSSR count). The van der Waals surface area contributed by atoms with Gasteiger partial charge in [-0.25, -0.2) is 0 Å². The highest BCUT2D eigenvalue weighted by molar-refractivity contribution is 6.19. The third-order valence-corrected chi connectivity index (χ3v) is 5.65. The van der Waals surface area contributed by atoms with Gasteiger partial charge in [0.15, 0.2) is 5.78 Å². The minimum atomic E-state index is 0.00758. The van der Waals surface area contributed by atoms with Crippen molar-refractivity contribution in [2.75, 3.05) is 41.3 Å². The number of fused-ring (bicyclic) bond motifs is 2. The minimum Gasteiger partial charge on any atom is -0.507 e. The summed E-state index contributed by atoms with van der Waals surface area (Å²) in [5, 5.41) is 11.4. The molecule has 0 saturated heterocycles. The summed E-state index contributed by atoms with van der Waals surface area (Å²) >= 11 is 0. The van der Waals surface area contributed by atoms with E-state index in [0.29, 0.717) is 5.57 Å². The molecular weight excluding hydrogens is 376 g/mol. The number of benzene rings is 1. The van der Waals surface area contributed by atoms with E-state index in [0.717, 1.165) is 64.8 Å². The van der Waals surface area contributed by atoms with E-state index in [9.17, 15) is 9.90 Å². The number of aromatic nitrogens is 1. The summed E-state index contributed by atoms with van der Waals surface area (Å²) in [7, 11) is 8.12. The number of carbonyl (C=O) groups excluding carboxylic acids is 1. The molecule has 2 aliphatic rings. The number of hydrogen-bond acceptors (Lipinski definition) is 5. The van der Waals surface area contributed by atoms with Crippen molar-refractivity contribution in [3.05, 3.63) is 58.5 Å². The SMILES string of the molecule is CN(C)CCC1=C2C(=O)C=CC(c3ccc(O)c4c(CCN(C)C)c[nH]c34)=C2N=C1. The van der Waals surface area contributed by atoms with E-state index in [4.69, 9.17) is 0 Å². The van der Waals surface area contributed by atoms with Crippen LogP contribution < -0.4 is 0 Å². The highest BCUT2D eigenvalue weighted by Crippen LogP contribution is 2.40. The van der Waals surface area contributed by atoms with Crippen LogP contribution in [0.15, 0.2) is 52.3 Å². The maximum atomic E-state index is 12.7. The van der Waals surface area contributed by atoms with Crippen molar-refractivity contribution in [2.24, 2.45) is 4.99 Å². The van der Waals surface area contributed by atoms with Crippen molar-refractivity contribution >= 4 is 28.5 Å². The van der Waals surface area contributed by atoms with Crippen LogP contribution in [0.2, 0.25) is 0 Å². The van der Waals surface area contributed by atoms with E-state index in [1.54, 1.807) is 12.1 Å². The van der Waals surface area contributed by atoms with Crippen LogP contribution in [0.3, 0.4) is 0 Å². The maximum Gasteiger partial charge on any atom is 0.188 e. The second-order valence-electron chi connectivity index (χ2n) is 8.42. The lowest BCUT2D eigenvalue weighted by molar-refractivity contribution is -0.111. The molecule has 0 fully saturated rings. The van der Waals surface area contributed by atoms with E-state index >= 15 is 0 Å². The number of phenols is 1. The van der Waals surface area contributed by atoms with Crippen molar-refractivity contribution < 1.29 is 9.90 Å². The summed E-state index contributed by atoms with van der Waals surface area (Å²) < 4.78 is 0. The number of hydrogen-bond donors (Lipinski definition) is 2. The summed E-state index contributed by atoms with van der Waals surface area (Å²) in [4.78, 5) is 24.9. The van der Waals surface area contributed by atoms with Crippen LogP contribution in [-0.4, -0.2) is 73.2 Å². The first-order chi connectivity index (χ1) is 14.4. The number of rotatable bonds is 7. The Bertz CT molecular complexity index is 1130. The van der Waals surface area contributed by atoms with Crippen LogP contribution in [0, 0.1) is 0 Å². The lowest BCUT2D eigenvalue weighted by Gasteiger charge is -2.16. The van der Waals surface area contributed by atoms with Crippen LogP contribution in [0.5, 0.6) is 5.75 Å². The number of H-pyrrole nitrogens is 1. The van der Waals surface area contributed by atoms with Gasteiger partial charge >= 0.3 is 0 Å². The molecule has 0 amide bonds. The number of nitrogens with one attached hydrogen (secondary N) is 1. The van der Waals surface area contributed by atoms with Crippen LogP contribution in [0.1, 0.15) is 17.5 Å². The molecule has 1 aliphatic carbocycles. The van der Waals surface area contributed by atoms with Crippen molar-refractivity contribution in [1.29, 1.82) is 0 Å². The third kappa shape index (κ3) is 3.64. The van der Waals surface area contributed by atoms with E-state index in [1.165, 1.54) is 0 Å². The van der Waals surface area contributed by atoms with Gasteiger partial charge in [-0.15, -0.1) is 0 Å². The monoisotopic (exact) mass is 404 g/mol. The second-order valence-corrected chi connectivity index (χ2v) is 8.42. The molecule has 6 nitrogen and oxygen atoms in total. The first kappa shape index (κ1) is 20.3. The quantitative estimate of drug-likeness (QED) is 0.744. The summed E-state index contributed by atoms with van der Waals surface area (Å²) in [5.41, 5.74) is 6.23. The zero-order chi connectivity index (χ0) is 21.4. The van der Waals surface area contributed by atoms with Gasteiger partial charge in [-0.2, -0.15) is 0 Å². The van der Waals surface area contributed by atoms with Crippen LogP contribution in [0.4, 0.5) is 0 Å². The standard InChI is InChI=1S/C24H28N4O2/c1-27(2)11-9-15-13-25-23-17(5-7-19(29)21(15)23)18-6-8-20(30)22-16(10-12-28(3)4)14-26-24(18)22/h5-8,13-14,25,29H,9-12H2,1-4H3. The average molecular weight is 405 g/mol. The van der Waals surface area contributed by atoms with Gasteiger partial charge in [-0.1, -0.05) is 0 Å². The van der Waals surface area contributed by atoms with Crippen molar-refractivity contribution in [3.63, 3.8) is 0 Å². The normalized spacial score (nSPS) is 16.1.